The Labute approximate surface area is 158 Å². The van der Waals surface area contributed by atoms with Gasteiger partial charge in [0.25, 0.3) is 0 Å². The third kappa shape index (κ3) is 6.28. The highest BCUT2D eigenvalue weighted by molar-refractivity contribution is 7.98. The molecule has 1 unspecified atom stereocenters. The predicted molar refractivity (Wildman–Crippen MR) is 105 cm³/mol. The maximum absolute atomic E-state index is 11.3. The average molecular weight is 375 g/mol. The van der Waals surface area contributed by atoms with Crippen LogP contribution in [0.1, 0.15) is 17.5 Å². The van der Waals surface area contributed by atoms with E-state index in [0.717, 1.165) is 16.9 Å². The molecule has 0 amide bonds. The van der Waals surface area contributed by atoms with Crippen molar-refractivity contribution in [3.05, 3.63) is 59.7 Å². The lowest BCUT2D eigenvalue weighted by Crippen LogP contribution is -2.36. The van der Waals surface area contributed by atoms with Crippen LogP contribution in [-0.4, -0.2) is 36.2 Å². The molecule has 0 fully saturated rings. The standard InChI is InChI=1S/C20H25NO4S/c1-24-18-9-8-16(13-21-17(20(22)23)10-11-26-2)12-19(18)25-14-15-6-4-3-5-7-15/h3-9,12,17,21H,10-11,13-14H2,1-2H3,(H,22,23). The minimum Gasteiger partial charge on any atom is -0.493 e. The Balaban J connectivity index is 2.01. The van der Waals surface area contributed by atoms with E-state index in [-0.39, 0.29) is 0 Å². The fourth-order valence-corrected chi connectivity index (χ4v) is 2.94. The Hall–Kier alpha value is -2.18. The molecule has 140 valence electrons. The zero-order valence-corrected chi connectivity index (χ0v) is 15.9. The number of thioether (sulfide) groups is 1. The first-order valence-electron chi connectivity index (χ1n) is 8.42. The van der Waals surface area contributed by atoms with Crippen LogP contribution in [0.25, 0.3) is 0 Å². The van der Waals surface area contributed by atoms with Gasteiger partial charge < -0.3 is 19.9 Å². The maximum Gasteiger partial charge on any atom is 0.320 e. The number of rotatable bonds is 11. The number of carboxylic acids is 1. The van der Waals surface area contributed by atoms with Gasteiger partial charge in [-0.25, -0.2) is 0 Å². The molecule has 5 nitrogen and oxygen atoms in total. The number of benzene rings is 2. The van der Waals surface area contributed by atoms with Crippen LogP contribution < -0.4 is 14.8 Å². The highest BCUT2D eigenvalue weighted by atomic mass is 32.2. The molecule has 0 radical (unpaired) electrons. The summed E-state index contributed by atoms with van der Waals surface area (Å²) in [6, 6.07) is 15.0. The van der Waals surface area contributed by atoms with Gasteiger partial charge in [0.1, 0.15) is 12.6 Å². The molecule has 26 heavy (non-hydrogen) atoms. The summed E-state index contributed by atoms with van der Waals surface area (Å²) < 4.78 is 11.3. The Bertz CT molecular complexity index is 693. The molecule has 0 bridgehead atoms. The van der Waals surface area contributed by atoms with E-state index in [4.69, 9.17) is 9.47 Å². The Morgan fingerprint density at radius 3 is 2.58 bits per heavy atom. The molecule has 0 heterocycles. The van der Waals surface area contributed by atoms with Crippen molar-refractivity contribution in [1.29, 1.82) is 0 Å². The molecule has 0 aliphatic rings. The van der Waals surface area contributed by atoms with Gasteiger partial charge in [0.15, 0.2) is 11.5 Å². The van der Waals surface area contributed by atoms with Gasteiger partial charge in [-0.3, -0.25) is 4.79 Å². The molecule has 0 spiro atoms. The summed E-state index contributed by atoms with van der Waals surface area (Å²) in [5.41, 5.74) is 2.02. The minimum atomic E-state index is -0.826. The summed E-state index contributed by atoms with van der Waals surface area (Å²) in [6.07, 6.45) is 2.56. The number of aliphatic carboxylic acids is 1. The molecular formula is C20H25NO4S. The number of carboxylic acid groups (broad SMARTS) is 1. The Kier molecular flexibility index (Phi) is 8.31. The SMILES string of the molecule is COc1ccc(CNC(CCSC)C(=O)O)cc1OCc1ccccc1. The third-order valence-corrected chi connectivity index (χ3v) is 4.57. The number of carbonyl (C=O) groups is 1. The van der Waals surface area contributed by atoms with E-state index in [1.54, 1.807) is 18.9 Å². The summed E-state index contributed by atoms with van der Waals surface area (Å²) in [7, 11) is 1.60. The normalized spacial score (nSPS) is 11.8. The molecule has 6 heteroatoms. The van der Waals surface area contributed by atoms with Gasteiger partial charge in [-0.15, -0.1) is 0 Å². The highest BCUT2D eigenvalue weighted by Crippen LogP contribution is 2.29. The van der Waals surface area contributed by atoms with Crippen molar-refractivity contribution in [3.8, 4) is 11.5 Å². The largest absolute Gasteiger partial charge is 0.493 e. The zero-order chi connectivity index (χ0) is 18.8. The molecular weight excluding hydrogens is 350 g/mol. The second kappa shape index (κ2) is 10.7. The van der Waals surface area contributed by atoms with Gasteiger partial charge in [-0.1, -0.05) is 36.4 Å². The second-order valence-corrected chi connectivity index (χ2v) is 6.80. The summed E-state index contributed by atoms with van der Waals surface area (Å²) in [5, 5.41) is 12.4. The fourth-order valence-electron chi connectivity index (χ4n) is 2.47. The molecule has 0 saturated carbocycles. The van der Waals surface area contributed by atoms with Crippen LogP contribution in [0, 0.1) is 0 Å². The fraction of sp³-hybridized carbons (Fsp3) is 0.350. The third-order valence-electron chi connectivity index (χ3n) is 3.93. The van der Waals surface area contributed by atoms with Gasteiger partial charge in [0, 0.05) is 6.54 Å². The molecule has 0 saturated heterocycles. The molecule has 2 aromatic rings. The van der Waals surface area contributed by atoms with E-state index in [1.165, 1.54) is 0 Å². The molecule has 0 aliphatic carbocycles. The monoisotopic (exact) mass is 375 g/mol. The van der Waals surface area contributed by atoms with Gasteiger partial charge in [0.2, 0.25) is 0 Å². The number of hydrogen-bond donors (Lipinski definition) is 2. The number of ether oxygens (including phenoxy) is 2. The van der Waals surface area contributed by atoms with E-state index in [0.29, 0.717) is 31.1 Å². The van der Waals surface area contributed by atoms with Crippen LogP contribution in [-0.2, 0) is 17.9 Å². The minimum absolute atomic E-state index is 0.444. The summed E-state index contributed by atoms with van der Waals surface area (Å²) in [5.74, 6) is 1.28. The van der Waals surface area contributed by atoms with Crippen LogP contribution in [0.5, 0.6) is 11.5 Å². The summed E-state index contributed by atoms with van der Waals surface area (Å²) >= 11 is 1.64. The van der Waals surface area contributed by atoms with Crippen LogP contribution in [0.15, 0.2) is 48.5 Å². The lowest BCUT2D eigenvalue weighted by atomic mass is 10.1. The van der Waals surface area contributed by atoms with Gasteiger partial charge in [0.05, 0.1) is 7.11 Å². The predicted octanol–water partition coefficient (Wildman–Crippen LogP) is 3.57. The van der Waals surface area contributed by atoms with Crippen molar-refractivity contribution >= 4 is 17.7 Å². The quantitative estimate of drug-likeness (QED) is 0.626. The molecule has 2 N–H and O–H groups in total. The Morgan fingerprint density at radius 1 is 1.15 bits per heavy atom. The van der Waals surface area contributed by atoms with Crippen molar-refractivity contribution in [1.82, 2.24) is 5.32 Å². The maximum atomic E-state index is 11.3. The first-order chi connectivity index (χ1) is 12.6. The molecule has 0 aromatic heterocycles. The first-order valence-corrected chi connectivity index (χ1v) is 9.82. The topological polar surface area (TPSA) is 67.8 Å². The van der Waals surface area contributed by atoms with Crippen molar-refractivity contribution in [2.24, 2.45) is 0 Å². The van der Waals surface area contributed by atoms with Crippen LogP contribution in [0.4, 0.5) is 0 Å². The molecule has 1 atom stereocenters. The number of nitrogens with one attached hydrogen (secondary N) is 1. The smallest absolute Gasteiger partial charge is 0.320 e. The van der Waals surface area contributed by atoms with Crippen molar-refractivity contribution in [3.63, 3.8) is 0 Å². The molecule has 2 aromatic carbocycles. The van der Waals surface area contributed by atoms with E-state index >= 15 is 0 Å². The second-order valence-electron chi connectivity index (χ2n) is 5.81. The van der Waals surface area contributed by atoms with Gasteiger partial charge >= 0.3 is 5.97 Å². The van der Waals surface area contributed by atoms with Gasteiger partial charge in [-0.05, 0) is 41.7 Å². The van der Waals surface area contributed by atoms with Crippen molar-refractivity contribution in [2.75, 3.05) is 19.1 Å². The number of hydrogen-bond acceptors (Lipinski definition) is 5. The van der Waals surface area contributed by atoms with E-state index in [2.05, 4.69) is 5.32 Å². The Morgan fingerprint density at radius 2 is 1.92 bits per heavy atom. The first kappa shape index (κ1) is 20.1. The zero-order valence-electron chi connectivity index (χ0n) is 15.1. The van der Waals surface area contributed by atoms with Crippen molar-refractivity contribution < 1.29 is 19.4 Å². The van der Waals surface area contributed by atoms with Crippen LogP contribution >= 0.6 is 11.8 Å². The summed E-state index contributed by atoms with van der Waals surface area (Å²) in [6.45, 7) is 0.899. The number of methoxy groups -OCH3 is 1. The van der Waals surface area contributed by atoms with E-state index < -0.39 is 12.0 Å². The molecule has 2 rings (SSSR count). The summed E-state index contributed by atoms with van der Waals surface area (Å²) in [4.78, 5) is 11.3. The van der Waals surface area contributed by atoms with Gasteiger partial charge in [-0.2, -0.15) is 11.8 Å². The lowest BCUT2D eigenvalue weighted by molar-refractivity contribution is -0.139. The van der Waals surface area contributed by atoms with Crippen LogP contribution in [0.3, 0.4) is 0 Å². The van der Waals surface area contributed by atoms with E-state index in [9.17, 15) is 9.90 Å². The lowest BCUT2D eigenvalue weighted by Gasteiger charge is -2.16. The average Bonchev–Trinajstić information content (AvgIpc) is 2.67. The van der Waals surface area contributed by atoms with Crippen molar-refractivity contribution in [2.45, 2.75) is 25.6 Å². The highest BCUT2D eigenvalue weighted by Gasteiger charge is 2.16. The molecule has 0 aliphatic heterocycles. The van der Waals surface area contributed by atoms with E-state index in [1.807, 2.05) is 54.8 Å². The van der Waals surface area contributed by atoms with Crippen LogP contribution in [0.2, 0.25) is 0 Å².